The number of carbonyl (C=O) groups is 1. The number of methoxy groups -OCH3 is 2. The minimum atomic E-state index is -0.252. The third-order valence-corrected chi connectivity index (χ3v) is 5.30. The number of rotatable bonds is 8. The Kier molecular flexibility index (Phi) is 6.35. The molecule has 0 spiro atoms. The number of nitrogens with one attached hydrogen (secondary N) is 1. The standard InChI is InChI=1S/C25H24FN3O3/c1-31-22-12-11-17(15-23(22)32-2)25(30)27-14-13-24-28-20-9-5-6-10-21(20)29(24)16-18-7-3-4-8-19(18)26/h3-12,15H,13-14,16H2,1-2H3,(H,27,30). The van der Waals surface area contributed by atoms with Crippen molar-refractivity contribution < 1.29 is 18.7 Å². The van der Waals surface area contributed by atoms with Crippen molar-refractivity contribution in [3.05, 3.63) is 89.5 Å². The molecule has 1 amide bonds. The van der Waals surface area contributed by atoms with E-state index in [1.165, 1.54) is 13.2 Å². The van der Waals surface area contributed by atoms with Crippen LogP contribution < -0.4 is 14.8 Å². The highest BCUT2D eigenvalue weighted by molar-refractivity contribution is 5.94. The van der Waals surface area contributed by atoms with Crippen LogP contribution >= 0.6 is 0 Å². The molecule has 0 aliphatic rings. The third-order valence-electron chi connectivity index (χ3n) is 5.30. The summed E-state index contributed by atoms with van der Waals surface area (Å²) in [5.74, 6) is 1.36. The molecule has 0 aliphatic heterocycles. The first-order valence-electron chi connectivity index (χ1n) is 10.3. The number of amides is 1. The molecule has 7 heteroatoms. The Hall–Kier alpha value is -3.87. The van der Waals surface area contributed by atoms with Gasteiger partial charge in [0, 0.05) is 24.1 Å². The number of halogens is 1. The van der Waals surface area contributed by atoms with Crippen molar-refractivity contribution in [3.63, 3.8) is 0 Å². The maximum Gasteiger partial charge on any atom is 0.251 e. The van der Waals surface area contributed by atoms with E-state index in [4.69, 9.17) is 14.5 Å². The summed E-state index contributed by atoms with van der Waals surface area (Å²) in [6, 6.07) is 19.5. The van der Waals surface area contributed by atoms with Gasteiger partial charge in [-0.1, -0.05) is 30.3 Å². The molecule has 0 bridgehead atoms. The molecule has 0 radical (unpaired) electrons. The molecule has 0 saturated heterocycles. The molecule has 0 atom stereocenters. The SMILES string of the molecule is COc1ccc(C(=O)NCCc2nc3ccccc3n2Cc2ccccc2F)cc1OC. The summed E-state index contributed by atoms with van der Waals surface area (Å²) in [5, 5.41) is 2.92. The van der Waals surface area contributed by atoms with Gasteiger partial charge in [-0.25, -0.2) is 9.37 Å². The second-order valence-corrected chi connectivity index (χ2v) is 7.27. The summed E-state index contributed by atoms with van der Waals surface area (Å²) in [6.07, 6.45) is 0.502. The molecule has 0 unspecified atom stereocenters. The van der Waals surface area contributed by atoms with E-state index in [9.17, 15) is 9.18 Å². The van der Waals surface area contributed by atoms with E-state index in [-0.39, 0.29) is 11.7 Å². The fourth-order valence-electron chi connectivity index (χ4n) is 3.66. The number of hydrogen-bond acceptors (Lipinski definition) is 4. The fourth-order valence-corrected chi connectivity index (χ4v) is 3.66. The highest BCUT2D eigenvalue weighted by Gasteiger charge is 2.14. The molecule has 1 aromatic heterocycles. The molecule has 4 aromatic rings. The molecule has 3 aromatic carbocycles. The van der Waals surface area contributed by atoms with E-state index in [2.05, 4.69) is 5.32 Å². The van der Waals surface area contributed by atoms with Crippen LogP contribution in [0.3, 0.4) is 0 Å². The summed E-state index contributed by atoms with van der Waals surface area (Å²) in [4.78, 5) is 17.3. The Balaban J connectivity index is 1.51. The molecule has 4 rings (SSSR count). The Morgan fingerprint density at radius 1 is 1.00 bits per heavy atom. The van der Waals surface area contributed by atoms with Gasteiger partial charge in [0.25, 0.3) is 5.91 Å². The van der Waals surface area contributed by atoms with Gasteiger partial charge in [0.1, 0.15) is 11.6 Å². The lowest BCUT2D eigenvalue weighted by Gasteiger charge is -2.12. The molecule has 164 valence electrons. The zero-order valence-electron chi connectivity index (χ0n) is 18.0. The van der Waals surface area contributed by atoms with Crippen LogP contribution in [0.1, 0.15) is 21.7 Å². The molecular formula is C25H24FN3O3. The first-order chi connectivity index (χ1) is 15.6. The second-order valence-electron chi connectivity index (χ2n) is 7.27. The van der Waals surface area contributed by atoms with Gasteiger partial charge in [0.15, 0.2) is 11.5 Å². The average molecular weight is 433 g/mol. The van der Waals surface area contributed by atoms with E-state index < -0.39 is 0 Å². The normalized spacial score (nSPS) is 10.8. The Labute approximate surface area is 185 Å². The summed E-state index contributed by atoms with van der Waals surface area (Å²) < 4.78 is 26.7. The quantitative estimate of drug-likeness (QED) is 0.452. The summed E-state index contributed by atoms with van der Waals surface area (Å²) in [7, 11) is 3.07. The molecule has 1 heterocycles. The van der Waals surface area contributed by atoms with E-state index in [1.54, 1.807) is 37.4 Å². The smallest absolute Gasteiger partial charge is 0.251 e. The number of nitrogens with zero attached hydrogens (tertiary/aromatic N) is 2. The monoisotopic (exact) mass is 433 g/mol. The van der Waals surface area contributed by atoms with Crippen LogP contribution in [0, 0.1) is 5.82 Å². The second kappa shape index (κ2) is 9.51. The molecule has 0 aliphatic carbocycles. The van der Waals surface area contributed by atoms with Gasteiger partial charge in [-0.05, 0) is 36.4 Å². The van der Waals surface area contributed by atoms with Gasteiger partial charge in [-0.2, -0.15) is 0 Å². The highest BCUT2D eigenvalue weighted by Crippen LogP contribution is 2.27. The third kappa shape index (κ3) is 4.42. The van der Waals surface area contributed by atoms with E-state index in [1.807, 2.05) is 34.9 Å². The number of fused-ring (bicyclic) bond motifs is 1. The number of aromatic nitrogens is 2. The Morgan fingerprint density at radius 2 is 1.75 bits per heavy atom. The van der Waals surface area contributed by atoms with Crippen LogP contribution in [-0.2, 0) is 13.0 Å². The van der Waals surface area contributed by atoms with E-state index in [0.29, 0.717) is 42.1 Å². The first-order valence-corrected chi connectivity index (χ1v) is 10.3. The van der Waals surface area contributed by atoms with Gasteiger partial charge >= 0.3 is 0 Å². The minimum absolute atomic E-state index is 0.220. The molecule has 0 fully saturated rings. The van der Waals surface area contributed by atoms with Crippen molar-refractivity contribution in [2.75, 3.05) is 20.8 Å². The number of imidazole rings is 1. The number of hydrogen-bond donors (Lipinski definition) is 1. The molecule has 1 N–H and O–H groups in total. The van der Waals surface area contributed by atoms with Crippen molar-refractivity contribution in [3.8, 4) is 11.5 Å². The maximum atomic E-state index is 14.3. The fraction of sp³-hybridized carbons (Fsp3) is 0.200. The predicted octanol–water partition coefficient (Wildman–Crippen LogP) is 4.21. The lowest BCUT2D eigenvalue weighted by atomic mass is 10.2. The Bertz CT molecular complexity index is 1250. The lowest BCUT2D eigenvalue weighted by Crippen LogP contribution is -2.26. The summed E-state index contributed by atoms with van der Waals surface area (Å²) in [5.41, 5.74) is 2.83. The average Bonchev–Trinajstić information content (AvgIpc) is 3.17. The topological polar surface area (TPSA) is 65.4 Å². The maximum absolute atomic E-state index is 14.3. The van der Waals surface area contributed by atoms with Crippen LogP contribution in [0.15, 0.2) is 66.7 Å². The Morgan fingerprint density at radius 3 is 2.53 bits per heavy atom. The minimum Gasteiger partial charge on any atom is -0.493 e. The first kappa shape index (κ1) is 21.4. The number of benzene rings is 3. The van der Waals surface area contributed by atoms with Crippen LogP contribution in [0.25, 0.3) is 11.0 Å². The van der Waals surface area contributed by atoms with Gasteiger partial charge in [0.2, 0.25) is 0 Å². The summed E-state index contributed by atoms with van der Waals surface area (Å²) in [6.45, 7) is 0.750. The van der Waals surface area contributed by atoms with Crippen molar-refractivity contribution in [2.24, 2.45) is 0 Å². The van der Waals surface area contributed by atoms with Gasteiger partial charge in [0.05, 0.1) is 31.8 Å². The van der Waals surface area contributed by atoms with Crippen LogP contribution in [-0.4, -0.2) is 36.2 Å². The van der Waals surface area contributed by atoms with E-state index in [0.717, 1.165) is 16.9 Å². The van der Waals surface area contributed by atoms with Crippen LogP contribution in [0.5, 0.6) is 11.5 Å². The number of para-hydroxylation sites is 2. The zero-order chi connectivity index (χ0) is 22.5. The number of carbonyl (C=O) groups excluding carboxylic acids is 1. The lowest BCUT2D eigenvalue weighted by molar-refractivity contribution is 0.0953. The zero-order valence-corrected chi connectivity index (χ0v) is 18.0. The molecule has 6 nitrogen and oxygen atoms in total. The van der Waals surface area contributed by atoms with Crippen molar-refractivity contribution in [2.45, 2.75) is 13.0 Å². The molecular weight excluding hydrogens is 409 g/mol. The van der Waals surface area contributed by atoms with Crippen molar-refractivity contribution >= 4 is 16.9 Å². The van der Waals surface area contributed by atoms with Gasteiger partial charge in [-0.15, -0.1) is 0 Å². The van der Waals surface area contributed by atoms with Crippen LogP contribution in [0.2, 0.25) is 0 Å². The van der Waals surface area contributed by atoms with Gasteiger partial charge < -0.3 is 19.4 Å². The summed E-state index contributed by atoms with van der Waals surface area (Å²) >= 11 is 0. The predicted molar refractivity (Wildman–Crippen MR) is 121 cm³/mol. The molecule has 0 saturated carbocycles. The van der Waals surface area contributed by atoms with Crippen LogP contribution in [0.4, 0.5) is 4.39 Å². The van der Waals surface area contributed by atoms with Crippen molar-refractivity contribution in [1.82, 2.24) is 14.9 Å². The highest BCUT2D eigenvalue weighted by atomic mass is 19.1. The van der Waals surface area contributed by atoms with Gasteiger partial charge in [-0.3, -0.25) is 4.79 Å². The van der Waals surface area contributed by atoms with Crippen molar-refractivity contribution in [1.29, 1.82) is 0 Å². The molecule has 32 heavy (non-hydrogen) atoms. The van der Waals surface area contributed by atoms with E-state index >= 15 is 0 Å². The largest absolute Gasteiger partial charge is 0.493 e. The number of ether oxygens (including phenoxy) is 2.